The van der Waals surface area contributed by atoms with Crippen LogP contribution in [0.25, 0.3) is 10.9 Å². The van der Waals surface area contributed by atoms with Gasteiger partial charge in [-0.3, -0.25) is 15.1 Å². The molecule has 180 valence electrons. The largest absolute Gasteiger partial charge is 0.462 e. The molecule has 7 nitrogen and oxygen atoms in total. The second-order valence-electron chi connectivity index (χ2n) is 9.18. The van der Waals surface area contributed by atoms with Crippen molar-refractivity contribution in [1.82, 2.24) is 10.4 Å². The summed E-state index contributed by atoms with van der Waals surface area (Å²) in [5.74, 6) is 2.82. The summed E-state index contributed by atoms with van der Waals surface area (Å²) in [4.78, 5) is 19.2. The molecular weight excluding hydrogens is 428 g/mol. The summed E-state index contributed by atoms with van der Waals surface area (Å²) < 4.78 is 0. The number of allylic oxidation sites excluding steroid dienone is 1. The number of anilines is 1. The number of amides is 1. The maximum absolute atomic E-state index is 13.7. The molecule has 3 heterocycles. The van der Waals surface area contributed by atoms with Crippen molar-refractivity contribution in [1.29, 1.82) is 0 Å². The Labute approximate surface area is 200 Å². The van der Waals surface area contributed by atoms with E-state index in [9.17, 15) is 4.79 Å². The third-order valence-electron chi connectivity index (χ3n) is 7.23. The molecule has 1 aliphatic carbocycles. The monoisotopic (exact) mass is 462 g/mol. The van der Waals surface area contributed by atoms with Crippen molar-refractivity contribution < 1.29 is 15.0 Å². The number of aliphatic hydroxyl groups excluding tert-OH is 2. The molecule has 4 N–H and O–H groups in total. The number of aliphatic hydroxyl groups is 2. The van der Waals surface area contributed by atoms with E-state index in [1.165, 1.54) is 11.1 Å². The quantitative estimate of drug-likeness (QED) is 0.500. The molecule has 2 aliphatic heterocycles. The van der Waals surface area contributed by atoms with Crippen molar-refractivity contribution in [2.24, 2.45) is 5.10 Å². The number of aryl methyl sites for hydroxylation is 1. The van der Waals surface area contributed by atoms with Crippen molar-refractivity contribution in [3.63, 3.8) is 0 Å². The van der Waals surface area contributed by atoms with Gasteiger partial charge in [-0.15, -0.1) is 0 Å². The maximum Gasteiger partial charge on any atom is 0.238 e. The number of nitrogens with zero attached hydrogens (tertiary/aromatic N) is 2. The summed E-state index contributed by atoms with van der Waals surface area (Å²) in [5, 5.41) is 21.8. The Bertz CT molecular complexity index is 1210. The first-order chi connectivity index (χ1) is 16.6. The van der Waals surface area contributed by atoms with Gasteiger partial charge in [0.1, 0.15) is 6.11 Å². The Morgan fingerprint density at radius 2 is 1.94 bits per heavy atom. The highest BCUT2D eigenvalue weighted by Crippen LogP contribution is 2.49. The highest BCUT2D eigenvalue weighted by molar-refractivity contribution is 6.12. The normalized spacial score (nSPS) is 17.6. The van der Waals surface area contributed by atoms with E-state index in [-0.39, 0.29) is 12.5 Å². The second-order valence-corrected chi connectivity index (χ2v) is 9.18. The van der Waals surface area contributed by atoms with Crippen LogP contribution in [0.2, 0.25) is 0 Å². The summed E-state index contributed by atoms with van der Waals surface area (Å²) in [6.45, 7) is 4.48. The fourth-order valence-electron chi connectivity index (χ4n) is 5.92. The molecule has 2 bridgehead atoms. The van der Waals surface area contributed by atoms with Crippen molar-refractivity contribution in [3.05, 3.63) is 40.7 Å². The van der Waals surface area contributed by atoms with Crippen LogP contribution in [0.3, 0.4) is 0 Å². The minimum Gasteiger partial charge on any atom is -0.462 e. The maximum atomic E-state index is 13.7. The Morgan fingerprint density at radius 1 is 1.18 bits per heavy atom. The van der Waals surface area contributed by atoms with Crippen LogP contribution in [-0.4, -0.2) is 40.5 Å². The van der Waals surface area contributed by atoms with Gasteiger partial charge in [0.05, 0.1) is 23.4 Å². The predicted octanol–water partition coefficient (Wildman–Crippen LogP) is 4.21. The van der Waals surface area contributed by atoms with Crippen molar-refractivity contribution in [3.8, 4) is 12.0 Å². The van der Waals surface area contributed by atoms with E-state index in [0.29, 0.717) is 0 Å². The Morgan fingerprint density at radius 3 is 2.65 bits per heavy atom. The third kappa shape index (κ3) is 3.76. The van der Waals surface area contributed by atoms with Crippen LogP contribution in [0.4, 0.5) is 5.69 Å². The minimum absolute atomic E-state index is 0.116. The summed E-state index contributed by atoms with van der Waals surface area (Å²) in [7, 11) is 1.00. The summed E-state index contributed by atoms with van der Waals surface area (Å²) in [5.41, 5.74) is 10.5. The molecule has 0 saturated heterocycles. The van der Waals surface area contributed by atoms with E-state index in [0.717, 1.165) is 92.0 Å². The zero-order valence-corrected chi connectivity index (χ0v) is 20.3. The van der Waals surface area contributed by atoms with Gasteiger partial charge >= 0.3 is 0 Å². The summed E-state index contributed by atoms with van der Waals surface area (Å²) in [6.07, 6.45) is 11.5. The van der Waals surface area contributed by atoms with Crippen LogP contribution in [0.1, 0.15) is 75.6 Å². The van der Waals surface area contributed by atoms with Crippen molar-refractivity contribution >= 4 is 28.2 Å². The number of aromatic amines is 1. The predicted molar refractivity (Wildman–Crippen MR) is 135 cm³/mol. The number of rotatable bonds is 5. The SMILES string of the molecule is CCCC1(CCC)C(=O)N(CC#CO)c2cc3c4c([nH]c3cc21)C1=NNC=C(CCC4)C1.CO. The molecule has 0 fully saturated rings. The number of nitrogens with one attached hydrogen (secondary N) is 2. The molecule has 0 atom stereocenters. The fraction of sp³-hybridized carbons (Fsp3) is 0.481. The van der Waals surface area contributed by atoms with Crippen LogP contribution in [-0.2, 0) is 16.6 Å². The highest BCUT2D eigenvalue weighted by atomic mass is 16.2. The van der Waals surface area contributed by atoms with Crippen molar-refractivity contribution in [2.75, 3.05) is 18.6 Å². The average Bonchev–Trinajstić information content (AvgIpc) is 3.31. The standard InChI is InChI=1S/C26H30N4O2.CH4O/c1-3-9-26(10-4-2)20-15-21-19(14-23(20)30(25(26)32)11-6-12-31)18-8-5-7-17-13-22(24(18)28-21)29-27-16-17;1-2/h14-16,27-28,31H,3-5,7-11,13H2,1-2H3;2H,1H3. The molecule has 1 amide bonds. The Hall–Kier alpha value is -3.24. The van der Waals surface area contributed by atoms with E-state index in [4.69, 9.17) is 10.2 Å². The third-order valence-corrected chi connectivity index (χ3v) is 7.23. The summed E-state index contributed by atoms with van der Waals surface area (Å²) in [6, 6.07) is 4.39. The molecule has 1 aromatic heterocycles. The van der Waals surface area contributed by atoms with E-state index < -0.39 is 5.41 Å². The molecule has 0 unspecified atom stereocenters. The van der Waals surface area contributed by atoms with Gasteiger partial charge in [-0.1, -0.05) is 26.7 Å². The highest BCUT2D eigenvalue weighted by Gasteiger charge is 2.49. The molecule has 3 aliphatic rings. The first-order valence-corrected chi connectivity index (χ1v) is 12.2. The number of carbonyl (C=O) groups is 1. The number of hydrazone groups is 1. The van der Waals surface area contributed by atoms with Gasteiger partial charge < -0.3 is 15.2 Å². The van der Waals surface area contributed by atoms with Gasteiger partial charge in [0.25, 0.3) is 0 Å². The number of hydrogen-bond donors (Lipinski definition) is 4. The van der Waals surface area contributed by atoms with Gasteiger partial charge in [0.2, 0.25) is 5.91 Å². The molecular formula is C27H34N4O3. The van der Waals surface area contributed by atoms with Crippen LogP contribution < -0.4 is 10.3 Å². The van der Waals surface area contributed by atoms with Crippen LogP contribution in [0.15, 0.2) is 29.0 Å². The van der Waals surface area contributed by atoms with Gasteiger partial charge in [0.15, 0.2) is 0 Å². The smallest absolute Gasteiger partial charge is 0.238 e. The Balaban J connectivity index is 0.00000133. The van der Waals surface area contributed by atoms with Crippen LogP contribution in [0.5, 0.6) is 0 Å². The lowest BCUT2D eigenvalue weighted by Gasteiger charge is -2.28. The number of benzene rings is 1. The van der Waals surface area contributed by atoms with Gasteiger partial charge in [0, 0.05) is 36.3 Å². The van der Waals surface area contributed by atoms with Crippen LogP contribution >= 0.6 is 0 Å². The molecule has 0 saturated carbocycles. The number of hydrogen-bond acceptors (Lipinski definition) is 5. The molecule has 0 spiro atoms. The number of aromatic nitrogens is 1. The van der Waals surface area contributed by atoms with Crippen LogP contribution in [0, 0.1) is 12.0 Å². The number of carbonyl (C=O) groups excluding carboxylic acids is 1. The first-order valence-electron chi connectivity index (χ1n) is 12.2. The van der Waals surface area contributed by atoms with E-state index in [1.54, 1.807) is 4.90 Å². The molecule has 7 heteroatoms. The van der Waals surface area contributed by atoms with Crippen molar-refractivity contribution in [2.45, 2.75) is 70.6 Å². The van der Waals surface area contributed by atoms with Gasteiger partial charge in [-0.25, -0.2) is 0 Å². The first kappa shape index (κ1) is 23.9. The van der Waals surface area contributed by atoms with Gasteiger partial charge in [-0.05, 0) is 66.9 Å². The van der Waals surface area contributed by atoms with E-state index in [1.807, 2.05) is 12.3 Å². The molecule has 34 heavy (non-hydrogen) atoms. The summed E-state index contributed by atoms with van der Waals surface area (Å²) >= 11 is 0. The minimum atomic E-state index is -0.524. The van der Waals surface area contributed by atoms with E-state index in [2.05, 4.69) is 47.4 Å². The fourth-order valence-corrected chi connectivity index (χ4v) is 5.92. The zero-order chi connectivity index (χ0) is 24.3. The zero-order valence-electron chi connectivity index (χ0n) is 20.3. The number of fused-ring (bicyclic) bond motifs is 7. The lowest BCUT2D eigenvalue weighted by molar-refractivity contribution is -0.123. The topological polar surface area (TPSA) is 101 Å². The molecule has 0 radical (unpaired) electrons. The van der Waals surface area contributed by atoms with Gasteiger partial charge in [-0.2, -0.15) is 5.10 Å². The molecule has 5 rings (SSSR count). The second kappa shape index (κ2) is 9.94. The molecule has 2 aromatic rings. The molecule has 1 aromatic carbocycles. The Kier molecular flexibility index (Phi) is 6.99. The lowest BCUT2D eigenvalue weighted by Crippen LogP contribution is -2.40. The average molecular weight is 463 g/mol. The van der Waals surface area contributed by atoms with E-state index >= 15 is 0 Å². The number of H-pyrrole nitrogens is 1. The lowest BCUT2D eigenvalue weighted by atomic mass is 9.74.